The first-order valence-electron chi connectivity index (χ1n) is 7.12. The number of amides is 1. The van der Waals surface area contributed by atoms with Crippen LogP contribution in [0, 0.1) is 6.92 Å². The molecule has 5 nitrogen and oxygen atoms in total. The van der Waals surface area contributed by atoms with Crippen molar-refractivity contribution in [3.63, 3.8) is 0 Å². The van der Waals surface area contributed by atoms with Crippen molar-refractivity contribution in [1.82, 2.24) is 4.90 Å². The Bertz CT molecular complexity index is 526. The van der Waals surface area contributed by atoms with Gasteiger partial charge >= 0.3 is 5.97 Å². The Hall–Kier alpha value is -1.40. The zero-order chi connectivity index (χ0) is 15.4. The topological polar surface area (TPSA) is 55.8 Å². The Morgan fingerprint density at radius 2 is 2.29 bits per heavy atom. The Morgan fingerprint density at radius 3 is 2.90 bits per heavy atom. The van der Waals surface area contributed by atoms with E-state index < -0.39 is 0 Å². The summed E-state index contributed by atoms with van der Waals surface area (Å²) in [5, 5.41) is 0. The molecule has 1 fully saturated rings. The normalized spacial score (nSPS) is 18.6. The second-order valence-electron chi connectivity index (χ2n) is 5.09. The highest BCUT2D eigenvalue weighted by Crippen LogP contribution is 2.24. The summed E-state index contributed by atoms with van der Waals surface area (Å²) in [7, 11) is 1.36. The van der Waals surface area contributed by atoms with Crippen molar-refractivity contribution in [2.24, 2.45) is 0 Å². The fourth-order valence-electron chi connectivity index (χ4n) is 2.43. The average molecular weight is 311 g/mol. The molecule has 1 aliphatic rings. The van der Waals surface area contributed by atoms with E-state index in [1.165, 1.54) is 17.6 Å². The Labute approximate surface area is 128 Å². The Morgan fingerprint density at radius 1 is 1.52 bits per heavy atom. The summed E-state index contributed by atoms with van der Waals surface area (Å²) in [6.07, 6.45) is 0.851. The van der Waals surface area contributed by atoms with Crippen LogP contribution in [0.1, 0.15) is 33.5 Å². The van der Waals surface area contributed by atoms with Gasteiger partial charge < -0.3 is 14.4 Å². The fraction of sp³-hybridized carbons (Fsp3) is 0.600. The summed E-state index contributed by atoms with van der Waals surface area (Å²) in [6, 6.07) is 1.95. The number of nitrogens with zero attached hydrogens (tertiary/aromatic N) is 1. The second-order valence-corrected chi connectivity index (χ2v) is 6.23. The predicted molar refractivity (Wildman–Crippen MR) is 80.7 cm³/mol. The van der Waals surface area contributed by atoms with Crippen molar-refractivity contribution in [3.8, 4) is 0 Å². The average Bonchev–Trinajstić information content (AvgIpc) is 2.87. The molecule has 0 saturated carbocycles. The first-order valence-corrected chi connectivity index (χ1v) is 7.93. The first kappa shape index (κ1) is 16.0. The molecule has 2 heterocycles. The van der Waals surface area contributed by atoms with Gasteiger partial charge in [0.15, 0.2) is 0 Å². The molecule has 0 N–H and O–H groups in total. The van der Waals surface area contributed by atoms with E-state index in [1.807, 2.05) is 13.0 Å². The Balaban J connectivity index is 2.02. The largest absolute Gasteiger partial charge is 0.469 e. The van der Waals surface area contributed by atoms with E-state index in [0.717, 1.165) is 11.3 Å². The standard InChI is InChI=1S/C15H21NO4S/c1-4-12-10(2)7-13(21-12)15(18)16-5-6-20-11(9-16)8-14(17)19-3/h7,11H,4-6,8-9H2,1-3H3. The lowest BCUT2D eigenvalue weighted by Gasteiger charge is -2.32. The predicted octanol–water partition coefficient (Wildman–Crippen LogP) is 2.02. The van der Waals surface area contributed by atoms with Gasteiger partial charge in [-0.3, -0.25) is 9.59 Å². The summed E-state index contributed by atoms with van der Waals surface area (Å²) in [4.78, 5) is 27.6. The molecule has 6 heteroatoms. The monoisotopic (exact) mass is 311 g/mol. The molecule has 1 amide bonds. The summed E-state index contributed by atoms with van der Waals surface area (Å²) in [5.74, 6) is -0.282. The van der Waals surface area contributed by atoms with Crippen LogP contribution in [0.4, 0.5) is 0 Å². The molecule has 21 heavy (non-hydrogen) atoms. The van der Waals surface area contributed by atoms with E-state index in [-0.39, 0.29) is 24.4 Å². The molecule has 0 aliphatic carbocycles. The zero-order valence-corrected chi connectivity index (χ0v) is 13.5. The number of esters is 1. The molecule has 1 unspecified atom stereocenters. The lowest BCUT2D eigenvalue weighted by molar-refractivity contribution is -0.145. The van der Waals surface area contributed by atoms with Gasteiger partial charge in [-0.15, -0.1) is 11.3 Å². The van der Waals surface area contributed by atoms with Crippen molar-refractivity contribution in [1.29, 1.82) is 0 Å². The van der Waals surface area contributed by atoms with Crippen LogP contribution in [0.2, 0.25) is 0 Å². The maximum absolute atomic E-state index is 12.5. The van der Waals surface area contributed by atoms with Crippen LogP contribution in [-0.4, -0.2) is 49.7 Å². The third-order valence-corrected chi connectivity index (χ3v) is 4.97. The zero-order valence-electron chi connectivity index (χ0n) is 12.7. The number of methoxy groups -OCH3 is 1. The van der Waals surface area contributed by atoms with Gasteiger partial charge in [0.2, 0.25) is 0 Å². The van der Waals surface area contributed by atoms with Crippen LogP contribution in [0.15, 0.2) is 6.07 Å². The van der Waals surface area contributed by atoms with E-state index >= 15 is 0 Å². The number of hydrogen-bond acceptors (Lipinski definition) is 5. The molecule has 0 aromatic carbocycles. The molecule has 116 valence electrons. The lowest BCUT2D eigenvalue weighted by Crippen LogP contribution is -2.46. The van der Waals surface area contributed by atoms with Gasteiger partial charge in [0.1, 0.15) is 0 Å². The number of thiophene rings is 1. The second kappa shape index (κ2) is 7.04. The van der Waals surface area contributed by atoms with E-state index in [1.54, 1.807) is 16.2 Å². The van der Waals surface area contributed by atoms with Gasteiger partial charge in [0, 0.05) is 18.0 Å². The third-order valence-electron chi connectivity index (χ3n) is 3.60. The molecule has 0 spiro atoms. The van der Waals surface area contributed by atoms with E-state index in [2.05, 4.69) is 11.7 Å². The number of hydrogen-bond donors (Lipinski definition) is 0. The molecule has 1 atom stereocenters. The van der Waals surface area contributed by atoms with Crippen LogP contribution in [0.3, 0.4) is 0 Å². The third kappa shape index (κ3) is 3.83. The number of carbonyl (C=O) groups excluding carboxylic acids is 2. The van der Waals surface area contributed by atoms with Gasteiger partial charge in [-0.2, -0.15) is 0 Å². The first-order chi connectivity index (χ1) is 10.0. The minimum atomic E-state index is -0.311. The van der Waals surface area contributed by atoms with Crippen LogP contribution in [-0.2, 0) is 20.7 Å². The molecule has 2 rings (SSSR count). The van der Waals surface area contributed by atoms with Gasteiger partial charge in [-0.1, -0.05) is 6.92 Å². The fourth-order valence-corrected chi connectivity index (χ4v) is 3.51. The van der Waals surface area contributed by atoms with Crippen molar-refractivity contribution in [2.75, 3.05) is 26.8 Å². The van der Waals surface area contributed by atoms with E-state index in [4.69, 9.17) is 4.74 Å². The molecular weight excluding hydrogens is 290 g/mol. The number of carbonyl (C=O) groups is 2. The maximum Gasteiger partial charge on any atom is 0.308 e. The van der Waals surface area contributed by atoms with Gasteiger partial charge in [-0.05, 0) is 25.0 Å². The summed E-state index contributed by atoms with van der Waals surface area (Å²) in [5.41, 5.74) is 1.17. The number of aryl methyl sites for hydroxylation is 2. The SMILES string of the molecule is CCc1sc(C(=O)N2CCOC(CC(=O)OC)C2)cc1C. The summed E-state index contributed by atoms with van der Waals surface area (Å²) >= 11 is 1.56. The molecule has 1 aliphatic heterocycles. The van der Waals surface area contributed by atoms with Crippen LogP contribution in [0.5, 0.6) is 0 Å². The highest BCUT2D eigenvalue weighted by molar-refractivity contribution is 7.14. The van der Waals surface area contributed by atoms with Gasteiger partial charge in [-0.25, -0.2) is 0 Å². The molecular formula is C15H21NO4S. The summed E-state index contributed by atoms with van der Waals surface area (Å²) in [6.45, 7) is 5.58. The van der Waals surface area contributed by atoms with Crippen molar-refractivity contribution in [3.05, 3.63) is 21.4 Å². The van der Waals surface area contributed by atoms with Crippen molar-refractivity contribution < 1.29 is 19.1 Å². The number of rotatable bonds is 4. The molecule has 0 bridgehead atoms. The lowest BCUT2D eigenvalue weighted by atomic mass is 10.2. The van der Waals surface area contributed by atoms with Gasteiger partial charge in [0.25, 0.3) is 5.91 Å². The minimum Gasteiger partial charge on any atom is -0.469 e. The van der Waals surface area contributed by atoms with Gasteiger partial charge in [0.05, 0.1) is 31.1 Å². The maximum atomic E-state index is 12.5. The Kier molecular flexibility index (Phi) is 5.36. The van der Waals surface area contributed by atoms with Crippen LogP contribution < -0.4 is 0 Å². The van der Waals surface area contributed by atoms with Crippen LogP contribution >= 0.6 is 11.3 Å². The smallest absolute Gasteiger partial charge is 0.308 e. The van der Waals surface area contributed by atoms with E-state index in [9.17, 15) is 9.59 Å². The molecule has 1 aromatic heterocycles. The molecule has 0 radical (unpaired) electrons. The minimum absolute atomic E-state index is 0.0287. The van der Waals surface area contributed by atoms with Crippen molar-refractivity contribution >= 4 is 23.2 Å². The summed E-state index contributed by atoms with van der Waals surface area (Å²) < 4.78 is 10.2. The van der Waals surface area contributed by atoms with E-state index in [0.29, 0.717) is 19.7 Å². The quantitative estimate of drug-likeness (QED) is 0.798. The van der Waals surface area contributed by atoms with Crippen molar-refractivity contribution in [2.45, 2.75) is 32.8 Å². The highest BCUT2D eigenvalue weighted by Gasteiger charge is 2.27. The van der Waals surface area contributed by atoms with Crippen LogP contribution in [0.25, 0.3) is 0 Å². The number of morpholine rings is 1. The molecule has 1 saturated heterocycles. The highest BCUT2D eigenvalue weighted by atomic mass is 32.1. The molecule has 1 aromatic rings. The number of ether oxygens (including phenoxy) is 2.